The molecule has 0 aliphatic carbocycles. The number of aliphatic hydroxyl groups excluding tert-OH is 1. The van der Waals surface area contributed by atoms with Crippen molar-refractivity contribution >= 4 is 0 Å². The number of aliphatic hydroxyl groups is 1. The Morgan fingerprint density at radius 3 is 2.67 bits per heavy atom. The third-order valence-electron chi connectivity index (χ3n) is 3.43. The Morgan fingerprint density at radius 2 is 2.06 bits per heavy atom. The summed E-state index contributed by atoms with van der Waals surface area (Å²) in [6.07, 6.45) is 1.82. The van der Waals surface area contributed by atoms with Crippen LogP contribution >= 0.6 is 0 Å². The second kappa shape index (κ2) is 6.76. The van der Waals surface area contributed by atoms with Crippen LogP contribution in [0.15, 0.2) is 18.2 Å². The van der Waals surface area contributed by atoms with Crippen molar-refractivity contribution in [2.75, 3.05) is 20.3 Å². The van der Waals surface area contributed by atoms with Gasteiger partial charge in [-0.1, -0.05) is 12.1 Å². The molecule has 0 aliphatic rings. The Bertz CT molecular complexity index is 373. The quantitative estimate of drug-likeness (QED) is 0.731. The van der Waals surface area contributed by atoms with Crippen LogP contribution in [0.2, 0.25) is 0 Å². The molecule has 0 radical (unpaired) electrons. The molecule has 1 unspecified atom stereocenters. The predicted molar refractivity (Wildman–Crippen MR) is 75.2 cm³/mol. The van der Waals surface area contributed by atoms with Crippen molar-refractivity contribution < 1.29 is 9.84 Å². The van der Waals surface area contributed by atoms with Gasteiger partial charge >= 0.3 is 0 Å². The fourth-order valence-electron chi connectivity index (χ4n) is 1.79. The predicted octanol–water partition coefficient (Wildman–Crippen LogP) is 2.43. The smallest absolute Gasteiger partial charge is 0.122 e. The number of aryl methyl sites for hydroxylation is 2. The zero-order valence-corrected chi connectivity index (χ0v) is 11.9. The van der Waals surface area contributed by atoms with Crippen molar-refractivity contribution in [3.63, 3.8) is 0 Å². The summed E-state index contributed by atoms with van der Waals surface area (Å²) in [6, 6.07) is 6.24. The standard InChI is InChI=1S/C15H25NO2/c1-12-6-7-13(2)14(10-12)18-9-5-8-15(3,11-17)16-4/h6-7,10,16-17H,5,8-9,11H2,1-4H3. The first-order valence-electron chi connectivity index (χ1n) is 6.50. The summed E-state index contributed by atoms with van der Waals surface area (Å²) in [5, 5.41) is 12.4. The molecule has 0 bridgehead atoms. The largest absolute Gasteiger partial charge is 0.493 e. The molecule has 0 saturated carbocycles. The van der Waals surface area contributed by atoms with E-state index in [9.17, 15) is 5.11 Å². The van der Waals surface area contributed by atoms with Gasteiger partial charge in [0.2, 0.25) is 0 Å². The number of likely N-dealkylation sites (N-methyl/N-ethyl adjacent to an activating group) is 1. The Balaban J connectivity index is 2.40. The van der Waals surface area contributed by atoms with Gasteiger partial charge in [-0.3, -0.25) is 0 Å². The highest BCUT2D eigenvalue weighted by Crippen LogP contribution is 2.20. The van der Waals surface area contributed by atoms with Crippen LogP contribution in [0.3, 0.4) is 0 Å². The van der Waals surface area contributed by atoms with Crippen molar-refractivity contribution in [2.45, 2.75) is 39.2 Å². The molecule has 0 spiro atoms. The van der Waals surface area contributed by atoms with E-state index in [1.165, 1.54) is 11.1 Å². The van der Waals surface area contributed by atoms with E-state index >= 15 is 0 Å². The molecule has 0 heterocycles. The summed E-state index contributed by atoms with van der Waals surface area (Å²) in [6.45, 7) is 6.97. The molecule has 0 fully saturated rings. The fraction of sp³-hybridized carbons (Fsp3) is 0.600. The van der Waals surface area contributed by atoms with Gasteiger partial charge in [-0.05, 0) is 57.9 Å². The maximum atomic E-state index is 9.28. The first-order valence-corrected chi connectivity index (χ1v) is 6.50. The molecule has 0 saturated heterocycles. The highest BCUT2D eigenvalue weighted by atomic mass is 16.5. The van der Waals surface area contributed by atoms with Crippen LogP contribution in [0.5, 0.6) is 5.75 Å². The highest BCUT2D eigenvalue weighted by Gasteiger charge is 2.19. The van der Waals surface area contributed by atoms with E-state index < -0.39 is 0 Å². The molecular formula is C15H25NO2. The molecule has 3 heteroatoms. The van der Waals surface area contributed by atoms with E-state index in [0.717, 1.165) is 18.6 Å². The number of nitrogens with one attached hydrogen (secondary N) is 1. The van der Waals surface area contributed by atoms with E-state index in [0.29, 0.717) is 6.61 Å². The fourth-order valence-corrected chi connectivity index (χ4v) is 1.79. The highest BCUT2D eigenvalue weighted by molar-refractivity contribution is 5.35. The first kappa shape index (κ1) is 15.0. The van der Waals surface area contributed by atoms with Gasteiger partial charge in [-0.25, -0.2) is 0 Å². The topological polar surface area (TPSA) is 41.5 Å². The van der Waals surface area contributed by atoms with Crippen molar-refractivity contribution in [3.8, 4) is 5.75 Å². The molecular weight excluding hydrogens is 226 g/mol. The van der Waals surface area contributed by atoms with Crippen molar-refractivity contribution in [1.82, 2.24) is 5.32 Å². The molecule has 2 N–H and O–H groups in total. The van der Waals surface area contributed by atoms with E-state index in [2.05, 4.69) is 37.4 Å². The first-order chi connectivity index (χ1) is 8.50. The lowest BCUT2D eigenvalue weighted by Gasteiger charge is -2.26. The van der Waals surface area contributed by atoms with E-state index in [-0.39, 0.29) is 12.1 Å². The molecule has 1 atom stereocenters. The van der Waals surface area contributed by atoms with Gasteiger partial charge in [0.25, 0.3) is 0 Å². The van der Waals surface area contributed by atoms with Crippen molar-refractivity contribution in [1.29, 1.82) is 0 Å². The maximum absolute atomic E-state index is 9.28. The third kappa shape index (κ3) is 4.31. The minimum Gasteiger partial charge on any atom is -0.493 e. The van der Waals surface area contributed by atoms with Gasteiger partial charge in [-0.2, -0.15) is 0 Å². The minimum absolute atomic E-state index is 0.146. The third-order valence-corrected chi connectivity index (χ3v) is 3.43. The summed E-state index contributed by atoms with van der Waals surface area (Å²) < 4.78 is 5.79. The zero-order chi connectivity index (χ0) is 13.6. The van der Waals surface area contributed by atoms with Crippen LogP contribution in [0, 0.1) is 13.8 Å². The van der Waals surface area contributed by atoms with E-state index in [4.69, 9.17) is 4.74 Å². The van der Waals surface area contributed by atoms with Crippen LogP contribution in [0.25, 0.3) is 0 Å². The maximum Gasteiger partial charge on any atom is 0.122 e. The average molecular weight is 251 g/mol. The number of rotatable bonds is 7. The molecule has 1 aromatic rings. The second-order valence-electron chi connectivity index (χ2n) is 5.19. The van der Waals surface area contributed by atoms with Crippen molar-refractivity contribution in [2.24, 2.45) is 0 Å². The zero-order valence-electron chi connectivity index (χ0n) is 11.9. The minimum atomic E-state index is -0.203. The van der Waals surface area contributed by atoms with Crippen molar-refractivity contribution in [3.05, 3.63) is 29.3 Å². The van der Waals surface area contributed by atoms with Crippen LogP contribution in [0.1, 0.15) is 30.9 Å². The van der Waals surface area contributed by atoms with Gasteiger partial charge in [0, 0.05) is 5.54 Å². The van der Waals surface area contributed by atoms with Gasteiger partial charge in [0.05, 0.1) is 13.2 Å². The Morgan fingerprint density at radius 1 is 1.33 bits per heavy atom. The Kier molecular flexibility index (Phi) is 5.63. The lowest BCUT2D eigenvalue weighted by molar-refractivity contribution is 0.163. The lowest BCUT2D eigenvalue weighted by Crippen LogP contribution is -2.43. The molecule has 1 aromatic carbocycles. The SMILES string of the molecule is CNC(C)(CO)CCCOc1cc(C)ccc1C. The number of benzene rings is 1. The summed E-state index contributed by atoms with van der Waals surface area (Å²) in [5.41, 5.74) is 2.18. The molecule has 0 aromatic heterocycles. The normalized spacial score (nSPS) is 14.3. The van der Waals surface area contributed by atoms with Crippen LogP contribution in [-0.4, -0.2) is 30.9 Å². The van der Waals surface area contributed by atoms with Gasteiger partial charge in [-0.15, -0.1) is 0 Å². The molecule has 0 aliphatic heterocycles. The monoisotopic (exact) mass is 251 g/mol. The summed E-state index contributed by atoms with van der Waals surface area (Å²) in [7, 11) is 1.88. The summed E-state index contributed by atoms with van der Waals surface area (Å²) in [5.74, 6) is 0.963. The number of ether oxygens (including phenoxy) is 1. The number of hydrogen-bond donors (Lipinski definition) is 2. The van der Waals surface area contributed by atoms with Crippen LogP contribution in [-0.2, 0) is 0 Å². The molecule has 0 amide bonds. The van der Waals surface area contributed by atoms with Gasteiger partial charge < -0.3 is 15.2 Å². The molecule has 102 valence electrons. The molecule has 3 nitrogen and oxygen atoms in total. The second-order valence-corrected chi connectivity index (χ2v) is 5.19. The summed E-state index contributed by atoms with van der Waals surface area (Å²) in [4.78, 5) is 0. The summed E-state index contributed by atoms with van der Waals surface area (Å²) >= 11 is 0. The van der Waals surface area contributed by atoms with Crippen LogP contribution in [0.4, 0.5) is 0 Å². The van der Waals surface area contributed by atoms with Gasteiger partial charge in [0.1, 0.15) is 5.75 Å². The Labute approximate surface area is 110 Å². The van der Waals surface area contributed by atoms with Crippen LogP contribution < -0.4 is 10.1 Å². The Hall–Kier alpha value is -1.06. The van der Waals surface area contributed by atoms with E-state index in [1.54, 1.807) is 0 Å². The lowest BCUT2D eigenvalue weighted by atomic mass is 9.97. The molecule has 1 rings (SSSR count). The van der Waals surface area contributed by atoms with E-state index in [1.807, 2.05) is 14.0 Å². The molecule has 18 heavy (non-hydrogen) atoms. The van der Waals surface area contributed by atoms with Gasteiger partial charge in [0.15, 0.2) is 0 Å². The number of hydrogen-bond acceptors (Lipinski definition) is 3. The average Bonchev–Trinajstić information content (AvgIpc) is 2.38.